The molecule has 3 aromatic rings. The van der Waals surface area contributed by atoms with Crippen LogP contribution in [0.15, 0.2) is 72.8 Å². The lowest BCUT2D eigenvalue weighted by Gasteiger charge is -2.50. The van der Waals surface area contributed by atoms with Crippen molar-refractivity contribution >= 4 is 26.1 Å². The molecular formula is C48H70N2O9Si. The van der Waals surface area contributed by atoms with Crippen molar-refractivity contribution in [3.05, 3.63) is 95.1 Å². The van der Waals surface area contributed by atoms with Crippen LogP contribution in [0.2, 0.25) is 16.6 Å². The molecule has 0 N–H and O–H groups in total. The van der Waals surface area contributed by atoms with Crippen LogP contribution in [0.25, 0.3) is 0 Å². The number of piperidine rings is 1. The Balaban J connectivity index is 1.54. The highest BCUT2D eigenvalue weighted by Crippen LogP contribution is 2.46. The summed E-state index contributed by atoms with van der Waals surface area (Å²) in [6.07, 6.45) is -0.741. The number of carbonyl (C=O) groups is 2. The zero-order chi connectivity index (χ0) is 43.4. The van der Waals surface area contributed by atoms with Gasteiger partial charge in [0.05, 0.1) is 37.6 Å². The molecule has 3 aromatic carbocycles. The molecule has 5 rings (SSSR count). The smallest absolute Gasteiger partial charge is 0.410 e. The third kappa shape index (κ3) is 11.7. The Hall–Kier alpha value is -3.94. The van der Waals surface area contributed by atoms with Gasteiger partial charge in [-0.15, -0.1) is 0 Å². The molecule has 1 fully saturated rings. The molecule has 12 heteroatoms. The molecule has 4 unspecified atom stereocenters. The first-order valence-electron chi connectivity index (χ1n) is 21.8. The van der Waals surface area contributed by atoms with Crippen LogP contribution in [-0.4, -0.2) is 97.7 Å². The van der Waals surface area contributed by atoms with Gasteiger partial charge in [-0.1, -0.05) is 116 Å². The van der Waals surface area contributed by atoms with E-state index in [1.807, 2.05) is 62.4 Å². The first kappa shape index (κ1) is 47.1. The molecule has 2 aliphatic heterocycles. The highest BCUT2D eigenvalue weighted by atomic mass is 28.4. The Morgan fingerprint density at radius 3 is 2.12 bits per heavy atom. The number of hydrogen-bond donors (Lipinski definition) is 0. The van der Waals surface area contributed by atoms with Crippen LogP contribution in [0.3, 0.4) is 0 Å². The molecule has 11 nitrogen and oxygen atoms in total. The summed E-state index contributed by atoms with van der Waals surface area (Å²) in [7, 11) is 0.736. The fourth-order valence-corrected chi connectivity index (χ4v) is 14.9. The van der Waals surface area contributed by atoms with Crippen molar-refractivity contribution in [3.63, 3.8) is 0 Å². The second-order valence-corrected chi connectivity index (χ2v) is 22.9. The van der Waals surface area contributed by atoms with Gasteiger partial charge in [-0.2, -0.15) is 0 Å². The van der Waals surface area contributed by atoms with Crippen molar-refractivity contribution in [1.29, 1.82) is 0 Å². The fourth-order valence-electron chi connectivity index (χ4n) is 9.34. The molecule has 2 heterocycles. The van der Waals surface area contributed by atoms with Crippen molar-refractivity contribution in [1.82, 2.24) is 4.90 Å². The number of rotatable bonds is 20. The van der Waals surface area contributed by atoms with Gasteiger partial charge in [0.15, 0.2) is 0 Å². The van der Waals surface area contributed by atoms with Crippen molar-refractivity contribution in [2.75, 3.05) is 65.1 Å². The summed E-state index contributed by atoms with van der Waals surface area (Å²) in [5, 5.41) is 0. The lowest BCUT2D eigenvalue weighted by Crippen LogP contribution is -2.59. The summed E-state index contributed by atoms with van der Waals surface area (Å²) in [5.41, 5.74) is 5.88. The van der Waals surface area contributed by atoms with Crippen molar-refractivity contribution in [2.45, 2.75) is 116 Å². The first-order chi connectivity index (χ1) is 28.8. The normalized spacial score (nSPS) is 18.8. The molecule has 1 saturated heterocycles. The van der Waals surface area contributed by atoms with Crippen molar-refractivity contribution in [2.24, 2.45) is 5.92 Å². The average Bonchev–Trinajstić information content (AvgIpc) is 3.23. The van der Waals surface area contributed by atoms with Crippen LogP contribution < -0.4 is 9.64 Å². The van der Waals surface area contributed by atoms with Crippen LogP contribution >= 0.6 is 0 Å². The number of likely N-dealkylation sites (tertiary alicyclic amines) is 1. The Morgan fingerprint density at radius 2 is 1.48 bits per heavy atom. The Labute approximate surface area is 360 Å². The second kappa shape index (κ2) is 22.2. The molecule has 0 saturated carbocycles. The van der Waals surface area contributed by atoms with Gasteiger partial charge in [0.25, 0.3) is 0 Å². The van der Waals surface area contributed by atoms with E-state index in [1.165, 1.54) is 7.11 Å². The average molecular weight is 847 g/mol. The summed E-state index contributed by atoms with van der Waals surface area (Å²) in [6.45, 7) is 21.9. The van der Waals surface area contributed by atoms with E-state index in [4.69, 9.17) is 32.8 Å². The highest BCUT2D eigenvalue weighted by Gasteiger charge is 2.51. The van der Waals surface area contributed by atoms with E-state index in [0.29, 0.717) is 49.5 Å². The lowest BCUT2D eigenvalue weighted by atomic mass is 9.83. The maximum absolute atomic E-state index is 14.1. The van der Waals surface area contributed by atoms with Crippen molar-refractivity contribution < 1.29 is 42.4 Å². The second-order valence-electron chi connectivity index (χ2n) is 17.5. The molecule has 2 aliphatic rings. The Kier molecular flexibility index (Phi) is 17.5. The number of anilines is 1. The molecule has 1 amide bonds. The minimum Gasteiger partial charge on any atom is -0.490 e. The van der Waals surface area contributed by atoms with Gasteiger partial charge in [0, 0.05) is 39.8 Å². The van der Waals surface area contributed by atoms with Gasteiger partial charge in [-0.3, -0.25) is 0 Å². The largest absolute Gasteiger partial charge is 0.490 e. The fraction of sp³-hybridized carbons (Fsp3) is 0.583. The van der Waals surface area contributed by atoms with E-state index in [0.717, 1.165) is 53.2 Å². The van der Waals surface area contributed by atoms with Crippen molar-refractivity contribution in [3.8, 4) is 5.75 Å². The molecule has 60 heavy (non-hydrogen) atoms. The Bertz CT molecular complexity index is 1770. The summed E-state index contributed by atoms with van der Waals surface area (Å²) in [4.78, 5) is 30.8. The SMILES string of the molecule is COCCCN1CCOc2ccc(COC3CN(C(=O)OCc4ccccc4)CC(O[Si](C(C)C)(C(C)C)C(C)C)C3c3ccc(C(OC(=O)COC)C(C)C)cc3)cc21. The van der Waals surface area contributed by atoms with E-state index < -0.39 is 32.6 Å². The lowest BCUT2D eigenvalue weighted by molar-refractivity contribution is -0.156. The van der Waals surface area contributed by atoms with E-state index >= 15 is 0 Å². The van der Waals surface area contributed by atoms with E-state index in [9.17, 15) is 9.59 Å². The summed E-state index contributed by atoms with van der Waals surface area (Å²) in [6, 6.07) is 24.4. The van der Waals surface area contributed by atoms with Gasteiger partial charge in [0.1, 0.15) is 31.7 Å². The summed E-state index contributed by atoms with van der Waals surface area (Å²) < 4.78 is 43.0. The number of methoxy groups -OCH3 is 2. The molecule has 0 aliphatic carbocycles. The van der Waals surface area contributed by atoms with Crippen LogP contribution in [0, 0.1) is 5.92 Å². The molecular weight excluding hydrogens is 777 g/mol. The summed E-state index contributed by atoms with van der Waals surface area (Å²) >= 11 is 0. The van der Waals surface area contributed by atoms with Crippen LogP contribution in [-0.2, 0) is 46.1 Å². The maximum Gasteiger partial charge on any atom is 0.410 e. The van der Waals surface area contributed by atoms with Gasteiger partial charge < -0.3 is 42.6 Å². The number of ether oxygens (including phenoxy) is 6. The van der Waals surface area contributed by atoms with E-state index in [2.05, 4.69) is 70.7 Å². The Morgan fingerprint density at radius 1 is 0.800 bits per heavy atom. The zero-order valence-corrected chi connectivity index (χ0v) is 38.7. The zero-order valence-electron chi connectivity index (χ0n) is 37.7. The van der Waals surface area contributed by atoms with E-state index in [1.54, 1.807) is 12.0 Å². The van der Waals surface area contributed by atoms with Gasteiger partial charge in [-0.05, 0) is 63.3 Å². The molecule has 4 atom stereocenters. The topological polar surface area (TPSA) is 105 Å². The molecule has 0 bridgehead atoms. The monoisotopic (exact) mass is 846 g/mol. The number of nitrogens with zero attached hydrogens (tertiary/aromatic N) is 2. The molecule has 0 spiro atoms. The predicted molar refractivity (Wildman–Crippen MR) is 238 cm³/mol. The van der Waals surface area contributed by atoms with E-state index in [-0.39, 0.29) is 31.2 Å². The van der Waals surface area contributed by atoms with Crippen LogP contribution in [0.1, 0.15) is 96.1 Å². The van der Waals surface area contributed by atoms with Gasteiger partial charge in [-0.25, -0.2) is 9.59 Å². The summed E-state index contributed by atoms with van der Waals surface area (Å²) in [5.74, 6) is 0.281. The number of fused-ring (bicyclic) bond motifs is 1. The standard InChI is InChI=1S/C48H70N2O9Si/c1-33(2)47(58-45(51)32-54-10)40-20-18-39(19-21-40)46-43(56-31-38-17-22-42-41(27-38)49(24-26-55-42)23-14-25-53-9)28-50(48(52)57-30-37-15-12-11-13-16-37)29-44(46)59-60(34(3)4,35(5)6)36(7)8/h11-13,15-22,27,33-36,43-44,46-47H,14,23-26,28-32H2,1-10H3. The molecule has 330 valence electrons. The minimum atomic E-state index is -2.48. The number of hydrogen-bond acceptors (Lipinski definition) is 10. The van der Waals surface area contributed by atoms with Crippen LogP contribution in [0.5, 0.6) is 5.75 Å². The first-order valence-corrected chi connectivity index (χ1v) is 24.0. The number of benzene rings is 3. The maximum atomic E-state index is 14.1. The third-order valence-electron chi connectivity index (χ3n) is 12.1. The number of carbonyl (C=O) groups excluding carboxylic acids is 2. The van der Waals surface area contributed by atoms with Crippen LogP contribution in [0.4, 0.5) is 10.5 Å². The highest BCUT2D eigenvalue weighted by molar-refractivity contribution is 6.77. The van der Waals surface area contributed by atoms with Gasteiger partial charge in [0.2, 0.25) is 8.32 Å². The molecule has 0 aromatic heterocycles. The molecule has 0 radical (unpaired) electrons. The minimum absolute atomic E-state index is 0.0432. The van der Waals surface area contributed by atoms with Gasteiger partial charge >= 0.3 is 12.1 Å². The number of esters is 1. The number of amides is 1. The predicted octanol–water partition coefficient (Wildman–Crippen LogP) is 9.69. The quantitative estimate of drug-likeness (QED) is 0.0620. The third-order valence-corrected chi connectivity index (χ3v) is 18.3.